The zero-order valence-corrected chi connectivity index (χ0v) is 12.8. The minimum Gasteiger partial charge on any atom is -0.307 e. The molecule has 2 aromatic rings. The van der Waals surface area contributed by atoms with Gasteiger partial charge in [-0.3, -0.25) is 0 Å². The number of rotatable bonds is 5. The second-order valence-corrected chi connectivity index (χ2v) is 6.90. The zero-order chi connectivity index (χ0) is 15.5. The molecule has 0 radical (unpaired) electrons. The largest absolute Gasteiger partial charge is 0.307 e. The average Bonchev–Trinajstić information content (AvgIpc) is 2.45. The molecule has 1 N–H and O–H groups in total. The number of nitrogens with one attached hydrogen (secondary N) is 1. The Balaban J connectivity index is 2.45. The van der Waals surface area contributed by atoms with Gasteiger partial charge >= 0.3 is 0 Å². The Morgan fingerprint density at radius 1 is 1.10 bits per heavy atom. The summed E-state index contributed by atoms with van der Waals surface area (Å²) in [5.41, 5.74) is 1.73. The molecule has 0 saturated carbocycles. The Morgan fingerprint density at radius 2 is 1.76 bits per heavy atom. The van der Waals surface area contributed by atoms with Gasteiger partial charge in [-0.1, -0.05) is 31.2 Å². The number of hydrogen-bond acceptors (Lipinski definition) is 3. The highest BCUT2D eigenvalue weighted by atomic mass is 32.2. The van der Waals surface area contributed by atoms with Crippen LogP contribution in [0.3, 0.4) is 0 Å². The van der Waals surface area contributed by atoms with E-state index in [1.807, 2.05) is 13.0 Å². The first-order valence-corrected chi connectivity index (χ1v) is 8.60. The van der Waals surface area contributed by atoms with Crippen molar-refractivity contribution in [2.45, 2.75) is 17.9 Å². The third kappa shape index (κ3) is 3.89. The summed E-state index contributed by atoms with van der Waals surface area (Å²) in [6.07, 6.45) is 1.19. The summed E-state index contributed by atoms with van der Waals surface area (Å²) in [6, 6.07) is 12.9. The van der Waals surface area contributed by atoms with Gasteiger partial charge in [0.1, 0.15) is 5.82 Å². The fraction of sp³-hybridized carbons (Fsp3) is 0.250. The molecule has 3 nitrogen and oxygen atoms in total. The SMILES string of the molecule is CCNC(c1ccc(F)cc1)c1cccc(S(C)(=O)=O)c1. The molecular weight excluding hydrogens is 289 g/mol. The lowest BCUT2D eigenvalue weighted by Gasteiger charge is -2.19. The minimum absolute atomic E-state index is 0.169. The van der Waals surface area contributed by atoms with Crippen LogP contribution in [0.15, 0.2) is 53.4 Å². The maximum Gasteiger partial charge on any atom is 0.175 e. The molecule has 21 heavy (non-hydrogen) atoms. The van der Waals surface area contributed by atoms with Gasteiger partial charge in [0.2, 0.25) is 0 Å². The summed E-state index contributed by atoms with van der Waals surface area (Å²) in [4.78, 5) is 0.282. The normalized spacial score (nSPS) is 13.1. The van der Waals surface area contributed by atoms with Crippen LogP contribution < -0.4 is 5.32 Å². The van der Waals surface area contributed by atoms with Crippen molar-refractivity contribution in [1.29, 1.82) is 0 Å². The lowest BCUT2D eigenvalue weighted by molar-refractivity contribution is 0.600. The quantitative estimate of drug-likeness (QED) is 0.924. The van der Waals surface area contributed by atoms with Gasteiger partial charge in [0, 0.05) is 6.26 Å². The standard InChI is InChI=1S/C16H18FNO2S/c1-3-18-16(12-7-9-14(17)10-8-12)13-5-4-6-15(11-13)21(2,19)20/h4-11,16,18H,3H2,1-2H3. The number of hydrogen-bond donors (Lipinski definition) is 1. The molecule has 0 aliphatic heterocycles. The zero-order valence-electron chi connectivity index (χ0n) is 12.0. The van der Waals surface area contributed by atoms with E-state index in [1.54, 1.807) is 30.3 Å². The van der Waals surface area contributed by atoms with E-state index >= 15 is 0 Å². The lowest BCUT2D eigenvalue weighted by atomic mass is 9.98. The van der Waals surface area contributed by atoms with Gasteiger partial charge in [-0.25, -0.2) is 12.8 Å². The fourth-order valence-electron chi connectivity index (χ4n) is 2.21. The molecule has 1 unspecified atom stereocenters. The van der Waals surface area contributed by atoms with Crippen molar-refractivity contribution in [3.63, 3.8) is 0 Å². The second kappa shape index (κ2) is 6.37. The summed E-state index contributed by atoms with van der Waals surface area (Å²) < 4.78 is 36.4. The highest BCUT2D eigenvalue weighted by molar-refractivity contribution is 7.90. The smallest absolute Gasteiger partial charge is 0.175 e. The molecular formula is C16H18FNO2S. The van der Waals surface area contributed by atoms with E-state index in [-0.39, 0.29) is 16.8 Å². The van der Waals surface area contributed by atoms with Gasteiger partial charge in [-0.2, -0.15) is 0 Å². The van der Waals surface area contributed by atoms with Crippen LogP contribution in [-0.4, -0.2) is 21.2 Å². The highest BCUT2D eigenvalue weighted by Gasteiger charge is 2.15. The number of benzene rings is 2. The van der Waals surface area contributed by atoms with Crippen molar-refractivity contribution < 1.29 is 12.8 Å². The van der Waals surface area contributed by atoms with Crippen LogP contribution in [-0.2, 0) is 9.84 Å². The Kier molecular flexibility index (Phi) is 4.75. The first kappa shape index (κ1) is 15.7. The molecule has 0 bridgehead atoms. The van der Waals surface area contributed by atoms with Crippen LogP contribution in [0.25, 0.3) is 0 Å². The van der Waals surface area contributed by atoms with Crippen molar-refractivity contribution in [1.82, 2.24) is 5.32 Å². The van der Waals surface area contributed by atoms with E-state index in [0.717, 1.165) is 11.1 Å². The van der Waals surface area contributed by atoms with E-state index in [4.69, 9.17) is 0 Å². The minimum atomic E-state index is -3.25. The lowest BCUT2D eigenvalue weighted by Crippen LogP contribution is -2.22. The number of sulfone groups is 1. The van der Waals surface area contributed by atoms with Gasteiger partial charge in [-0.05, 0) is 41.9 Å². The average molecular weight is 307 g/mol. The summed E-state index contributed by atoms with van der Waals surface area (Å²) in [5, 5.41) is 3.30. The highest BCUT2D eigenvalue weighted by Crippen LogP contribution is 2.24. The molecule has 0 aliphatic carbocycles. The first-order chi connectivity index (χ1) is 9.91. The van der Waals surface area contributed by atoms with Crippen LogP contribution in [0, 0.1) is 5.82 Å². The molecule has 2 aromatic carbocycles. The van der Waals surface area contributed by atoms with Gasteiger partial charge in [0.15, 0.2) is 9.84 Å². The Hall–Kier alpha value is -1.72. The van der Waals surface area contributed by atoms with E-state index < -0.39 is 9.84 Å². The van der Waals surface area contributed by atoms with Crippen LogP contribution in [0.1, 0.15) is 24.1 Å². The summed E-state index contributed by atoms with van der Waals surface area (Å²) in [5.74, 6) is -0.293. The molecule has 0 amide bonds. The second-order valence-electron chi connectivity index (χ2n) is 4.89. The van der Waals surface area contributed by atoms with Gasteiger partial charge in [0.05, 0.1) is 10.9 Å². The van der Waals surface area contributed by atoms with E-state index in [1.165, 1.54) is 18.4 Å². The van der Waals surface area contributed by atoms with Crippen LogP contribution in [0.4, 0.5) is 4.39 Å². The number of halogens is 1. The fourth-order valence-corrected chi connectivity index (χ4v) is 2.89. The molecule has 2 rings (SSSR count). The van der Waals surface area contributed by atoms with Gasteiger partial charge in [0.25, 0.3) is 0 Å². The Bertz CT molecular complexity index is 711. The van der Waals surface area contributed by atoms with Crippen molar-refractivity contribution in [3.8, 4) is 0 Å². The third-order valence-corrected chi connectivity index (χ3v) is 4.34. The Labute approximate surface area is 124 Å². The van der Waals surface area contributed by atoms with E-state index in [2.05, 4.69) is 5.32 Å². The molecule has 0 heterocycles. The molecule has 1 atom stereocenters. The van der Waals surface area contributed by atoms with Crippen LogP contribution in [0.2, 0.25) is 0 Å². The third-order valence-electron chi connectivity index (χ3n) is 3.23. The topological polar surface area (TPSA) is 46.2 Å². The molecule has 0 saturated heterocycles. The summed E-state index contributed by atoms with van der Waals surface area (Å²) in [6.45, 7) is 2.68. The van der Waals surface area contributed by atoms with Gasteiger partial charge < -0.3 is 5.32 Å². The molecule has 0 spiro atoms. The predicted molar refractivity (Wildman–Crippen MR) is 81.5 cm³/mol. The molecule has 0 aromatic heterocycles. The van der Waals surface area contributed by atoms with Crippen molar-refractivity contribution in [2.24, 2.45) is 0 Å². The van der Waals surface area contributed by atoms with E-state index in [0.29, 0.717) is 6.54 Å². The monoisotopic (exact) mass is 307 g/mol. The molecule has 112 valence electrons. The van der Waals surface area contributed by atoms with Crippen molar-refractivity contribution >= 4 is 9.84 Å². The maximum absolute atomic E-state index is 13.1. The maximum atomic E-state index is 13.1. The molecule has 0 fully saturated rings. The molecule has 5 heteroatoms. The predicted octanol–water partition coefficient (Wildman–Crippen LogP) is 2.93. The molecule has 0 aliphatic rings. The van der Waals surface area contributed by atoms with Gasteiger partial charge in [-0.15, -0.1) is 0 Å². The summed E-state index contributed by atoms with van der Waals surface area (Å²) >= 11 is 0. The Morgan fingerprint density at radius 3 is 2.33 bits per heavy atom. The summed E-state index contributed by atoms with van der Waals surface area (Å²) in [7, 11) is -3.25. The van der Waals surface area contributed by atoms with Crippen molar-refractivity contribution in [2.75, 3.05) is 12.8 Å². The van der Waals surface area contributed by atoms with Crippen LogP contribution in [0.5, 0.6) is 0 Å². The van der Waals surface area contributed by atoms with Crippen LogP contribution >= 0.6 is 0 Å². The first-order valence-electron chi connectivity index (χ1n) is 6.70. The van der Waals surface area contributed by atoms with Crippen molar-refractivity contribution in [3.05, 3.63) is 65.5 Å². The van der Waals surface area contributed by atoms with E-state index in [9.17, 15) is 12.8 Å².